The summed E-state index contributed by atoms with van der Waals surface area (Å²) < 4.78 is 11.6. The molecule has 1 aliphatic rings. The van der Waals surface area contributed by atoms with Crippen LogP contribution in [0.15, 0.2) is 21.9 Å². The molecule has 22 heavy (non-hydrogen) atoms. The minimum absolute atomic E-state index is 0.0700. The van der Waals surface area contributed by atoms with Crippen LogP contribution in [0.1, 0.15) is 26.5 Å². The second kappa shape index (κ2) is 6.24. The van der Waals surface area contributed by atoms with Gasteiger partial charge in [-0.2, -0.15) is 0 Å². The summed E-state index contributed by atoms with van der Waals surface area (Å²) in [5, 5.41) is 9.88. The highest BCUT2D eigenvalue weighted by Crippen LogP contribution is 2.31. The minimum Gasteiger partial charge on any atom is -0.459 e. The number of aromatic amines is 1. The monoisotopic (exact) mass is 312 g/mol. The number of aromatic nitrogens is 2. The smallest absolute Gasteiger partial charge is 0.330 e. The van der Waals surface area contributed by atoms with Crippen molar-refractivity contribution < 1.29 is 24.2 Å². The molecule has 1 fully saturated rings. The van der Waals surface area contributed by atoms with E-state index in [2.05, 4.69) is 4.98 Å². The van der Waals surface area contributed by atoms with Gasteiger partial charge < -0.3 is 14.6 Å². The Bertz CT molecular complexity index is 692. The second-order valence-electron chi connectivity index (χ2n) is 5.01. The molecule has 2 N–H and O–H groups in total. The lowest BCUT2D eigenvalue weighted by molar-refractivity contribution is -0.157. The summed E-state index contributed by atoms with van der Waals surface area (Å²) >= 11 is 0. The lowest BCUT2D eigenvalue weighted by atomic mass is 10.0. The molecule has 120 valence electrons. The fourth-order valence-corrected chi connectivity index (χ4v) is 2.33. The fourth-order valence-electron chi connectivity index (χ4n) is 2.33. The van der Waals surface area contributed by atoms with E-state index in [4.69, 9.17) is 9.47 Å². The van der Waals surface area contributed by atoms with Crippen molar-refractivity contribution in [1.82, 2.24) is 9.55 Å². The second-order valence-corrected chi connectivity index (χ2v) is 5.01. The van der Waals surface area contributed by atoms with Gasteiger partial charge in [-0.15, -0.1) is 0 Å². The topological polar surface area (TPSA) is 128 Å². The fraction of sp³-hybridized carbons (Fsp3) is 0.538. The molecular weight excluding hydrogens is 296 g/mol. The van der Waals surface area contributed by atoms with Crippen LogP contribution in [-0.4, -0.2) is 44.7 Å². The highest BCUT2D eigenvalue weighted by Gasteiger charge is 2.44. The SMILES string of the molecule is CC(=O)O[C@H]1C[C@H](n2ccc(=O)[nH]c2=O)O[C@@H]1C(O)C(C)=O. The van der Waals surface area contributed by atoms with E-state index >= 15 is 0 Å². The van der Waals surface area contributed by atoms with E-state index in [1.807, 2.05) is 0 Å². The molecule has 0 aliphatic carbocycles. The van der Waals surface area contributed by atoms with Crippen molar-refractivity contribution in [2.75, 3.05) is 0 Å². The average Bonchev–Trinajstić information content (AvgIpc) is 2.80. The van der Waals surface area contributed by atoms with E-state index in [-0.39, 0.29) is 6.42 Å². The van der Waals surface area contributed by atoms with Crippen LogP contribution in [0.25, 0.3) is 0 Å². The molecule has 0 radical (unpaired) electrons. The van der Waals surface area contributed by atoms with Crippen molar-refractivity contribution in [3.63, 3.8) is 0 Å². The Kier molecular flexibility index (Phi) is 4.57. The predicted octanol–water partition coefficient (Wildman–Crippen LogP) is -1.29. The van der Waals surface area contributed by atoms with Gasteiger partial charge in [-0.25, -0.2) is 4.79 Å². The van der Waals surface area contributed by atoms with Gasteiger partial charge in [0.2, 0.25) is 0 Å². The molecule has 0 bridgehead atoms. The molecule has 0 amide bonds. The molecule has 1 aliphatic heterocycles. The number of H-pyrrole nitrogens is 1. The number of aliphatic hydroxyl groups excluding tert-OH is 1. The molecule has 4 atom stereocenters. The van der Waals surface area contributed by atoms with Crippen LogP contribution in [0, 0.1) is 0 Å². The number of nitrogens with one attached hydrogen (secondary N) is 1. The Morgan fingerprint density at radius 2 is 2.14 bits per heavy atom. The number of hydrogen-bond donors (Lipinski definition) is 2. The van der Waals surface area contributed by atoms with Crippen LogP contribution >= 0.6 is 0 Å². The van der Waals surface area contributed by atoms with Crippen molar-refractivity contribution in [2.45, 2.75) is 44.8 Å². The number of carbonyl (C=O) groups excluding carboxylic acids is 2. The van der Waals surface area contributed by atoms with Gasteiger partial charge in [0.15, 0.2) is 5.78 Å². The summed E-state index contributed by atoms with van der Waals surface area (Å²) in [7, 11) is 0. The maximum absolute atomic E-state index is 11.8. The number of ketones is 1. The van der Waals surface area contributed by atoms with Gasteiger partial charge in [0.1, 0.15) is 24.5 Å². The van der Waals surface area contributed by atoms with E-state index in [9.17, 15) is 24.3 Å². The molecule has 9 nitrogen and oxygen atoms in total. The first-order chi connectivity index (χ1) is 10.3. The first-order valence-electron chi connectivity index (χ1n) is 6.62. The Labute approximate surface area is 124 Å². The lowest BCUT2D eigenvalue weighted by Gasteiger charge is -2.21. The molecule has 1 aromatic heterocycles. The number of Topliss-reactive ketones (excluding diaryl/α,β-unsaturated/α-hetero) is 1. The third-order valence-electron chi connectivity index (χ3n) is 3.32. The Hall–Kier alpha value is -2.26. The van der Waals surface area contributed by atoms with Crippen LogP contribution in [0.4, 0.5) is 0 Å². The van der Waals surface area contributed by atoms with Crippen LogP contribution in [0.2, 0.25) is 0 Å². The number of carbonyl (C=O) groups is 2. The van der Waals surface area contributed by atoms with E-state index in [0.29, 0.717) is 0 Å². The molecule has 9 heteroatoms. The molecule has 1 aromatic rings. The first kappa shape index (κ1) is 16.1. The summed E-state index contributed by atoms with van der Waals surface area (Å²) in [6.07, 6.45) is -2.99. The number of hydrogen-bond acceptors (Lipinski definition) is 7. The number of esters is 1. The maximum Gasteiger partial charge on any atom is 0.330 e. The third kappa shape index (κ3) is 3.31. The summed E-state index contributed by atoms with van der Waals surface area (Å²) in [6.45, 7) is 2.37. The molecule has 0 aromatic carbocycles. The molecular formula is C13H16N2O7. The first-order valence-corrected chi connectivity index (χ1v) is 6.62. The molecule has 2 heterocycles. The summed E-state index contributed by atoms with van der Waals surface area (Å²) in [4.78, 5) is 47.4. The average molecular weight is 312 g/mol. The summed E-state index contributed by atoms with van der Waals surface area (Å²) in [5.74, 6) is -1.14. The summed E-state index contributed by atoms with van der Waals surface area (Å²) in [5.41, 5.74) is -1.26. The predicted molar refractivity (Wildman–Crippen MR) is 72.1 cm³/mol. The molecule has 2 rings (SSSR count). The number of aliphatic hydroxyl groups is 1. The van der Waals surface area contributed by atoms with E-state index in [0.717, 1.165) is 10.6 Å². The normalized spacial score (nSPS) is 25.7. The Balaban J connectivity index is 2.29. The lowest BCUT2D eigenvalue weighted by Crippen LogP contribution is -2.41. The van der Waals surface area contributed by atoms with E-state index in [1.165, 1.54) is 20.0 Å². The van der Waals surface area contributed by atoms with Gasteiger partial charge in [0.25, 0.3) is 5.56 Å². The molecule has 1 saturated heterocycles. The maximum atomic E-state index is 11.8. The van der Waals surface area contributed by atoms with Crippen molar-refractivity contribution in [2.24, 2.45) is 0 Å². The van der Waals surface area contributed by atoms with Crippen LogP contribution in [-0.2, 0) is 19.1 Å². The van der Waals surface area contributed by atoms with Crippen LogP contribution in [0.5, 0.6) is 0 Å². The van der Waals surface area contributed by atoms with Crippen LogP contribution in [0.3, 0.4) is 0 Å². The number of rotatable bonds is 4. The largest absolute Gasteiger partial charge is 0.459 e. The minimum atomic E-state index is -1.48. The molecule has 0 saturated carbocycles. The number of ether oxygens (including phenoxy) is 2. The Morgan fingerprint density at radius 3 is 2.68 bits per heavy atom. The highest BCUT2D eigenvalue weighted by atomic mass is 16.6. The summed E-state index contributed by atoms with van der Waals surface area (Å²) in [6, 6.07) is 1.14. The van der Waals surface area contributed by atoms with Crippen molar-refractivity contribution in [3.05, 3.63) is 33.1 Å². The zero-order valence-corrected chi connectivity index (χ0v) is 12.0. The van der Waals surface area contributed by atoms with Gasteiger partial charge >= 0.3 is 11.7 Å². The van der Waals surface area contributed by atoms with E-state index in [1.54, 1.807) is 0 Å². The number of nitrogens with zero attached hydrogens (tertiary/aromatic N) is 1. The standard InChI is InChI=1S/C13H16N2O7/c1-6(16)11(19)12-8(21-7(2)17)5-10(22-12)15-4-3-9(18)14-13(15)20/h3-4,8,10-12,19H,5H2,1-2H3,(H,14,18,20)/t8-,10+,11?,12-/m0/s1. The van der Waals surface area contributed by atoms with Crippen molar-refractivity contribution in [3.8, 4) is 0 Å². The van der Waals surface area contributed by atoms with Gasteiger partial charge in [0, 0.05) is 25.6 Å². The molecule has 1 unspecified atom stereocenters. The van der Waals surface area contributed by atoms with Gasteiger partial charge in [-0.1, -0.05) is 0 Å². The van der Waals surface area contributed by atoms with Crippen LogP contribution < -0.4 is 11.2 Å². The van der Waals surface area contributed by atoms with Crippen molar-refractivity contribution >= 4 is 11.8 Å². The van der Waals surface area contributed by atoms with Gasteiger partial charge in [0.05, 0.1) is 0 Å². The Morgan fingerprint density at radius 1 is 1.45 bits per heavy atom. The highest BCUT2D eigenvalue weighted by molar-refractivity contribution is 5.81. The third-order valence-corrected chi connectivity index (χ3v) is 3.32. The zero-order valence-electron chi connectivity index (χ0n) is 12.0. The van der Waals surface area contributed by atoms with Gasteiger partial charge in [-0.3, -0.25) is 23.9 Å². The van der Waals surface area contributed by atoms with Gasteiger partial charge in [-0.05, 0) is 6.92 Å². The molecule has 0 spiro atoms. The van der Waals surface area contributed by atoms with E-state index < -0.39 is 47.5 Å². The zero-order chi connectivity index (χ0) is 16.4. The van der Waals surface area contributed by atoms with Crippen molar-refractivity contribution in [1.29, 1.82) is 0 Å². The quantitative estimate of drug-likeness (QED) is 0.662.